The molecule has 0 unspecified atom stereocenters. The SMILES string of the molecule is CC1(CN)CCC(F)(S(=O)(=O)c2cccc(C(F)(F)F)c2)CC1. The Hall–Kier alpha value is -1.15. The van der Waals surface area contributed by atoms with Crippen LogP contribution in [0.15, 0.2) is 29.2 Å². The molecule has 3 nitrogen and oxygen atoms in total. The number of hydrogen-bond donors (Lipinski definition) is 1. The average molecular weight is 353 g/mol. The first-order chi connectivity index (χ1) is 10.4. The van der Waals surface area contributed by atoms with E-state index in [4.69, 9.17) is 5.73 Å². The summed E-state index contributed by atoms with van der Waals surface area (Å²) in [5.41, 5.74) is 4.18. The van der Waals surface area contributed by atoms with Gasteiger partial charge in [-0.2, -0.15) is 13.2 Å². The molecule has 0 bridgehead atoms. The minimum atomic E-state index is -4.68. The van der Waals surface area contributed by atoms with Crippen molar-refractivity contribution in [2.75, 3.05) is 6.54 Å². The molecule has 0 radical (unpaired) electrons. The van der Waals surface area contributed by atoms with Gasteiger partial charge in [0, 0.05) is 0 Å². The van der Waals surface area contributed by atoms with E-state index in [1.165, 1.54) is 0 Å². The zero-order chi connectivity index (χ0) is 17.5. The van der Waals surface area contributed by atoms with Gasteiger partial charge in [0.25, 0.3) is 0 Å². The summed E-state index contributed by atoms with van der Waals surface area (Å²) in [7, 11) is -4.51. The summed E-state index contributed by atoms with van der Waals surface area (Å²) in [6, 6.07) is 3.23. The largest absolute Gasteiger partial charge is 0.416 e. The van der Waals surface area contributed by atoms with Crippen LogP contribution in [-0.4, -0.2) is 20.0 Å². The van der Waals surface area contributed by atoms with Crippen molar-refractivity contribution in [1.82, 2.24) is 0 Å². The highest BCUT2D eigenvalue weighted by atomic mass is 32.2. The fourth-order valence-corrected chi connectivity index (χ4v) is 4.45. The Morgan fingerprint density at radius 1 is 1.17 bits per heavy atom. The van der Waals surface area contributed by atoms with E-state index in [1.807, 2.05) is 6.92 Å². The third kappa shape index (κ3) is 3.38. The van der Waals surface area contributed by atoms with Gasteiger partial charge in [0.2, 0.25) is 14.8 Å². The van der Waals surface area contributed by atoms with Crippen LogP contribution in [0.4, 0.5) is 17.6 Å². The molecule has 8 heteroatoms. The van der Waals surface area contributed by atoms with Crippen LogP contribution in [0.2, 0.25) is 0 Å². The van der Waals surface area contributed by atoms with E-state index in [0.717, 1.165) is 18.2 Å². The molecule has 0 spiro atoms. The molecule has 1 aromatic rings. The normalized spacial score (nSPS) is 29.5. The average Bonchev–Trinajstić information content (AvgIpc) is 2.50. The number of sulfone groups is 1. The topological polar surface area (TPSA) is 60.2 Å². The van der Waals surface area contributed by atoms with Crippen molar-refractivity contribution in [3.05, 3.63) is 29.8 Å². The van der Waals surface area contributed by atoms with E-state index in [-0.39, 0.29) is 31.1 Å². The van der Waals surface area contributed by atoms with E-state index in [1.54, 1.807) is 0 Å². The van der Waals surface area contributed by atoms with E-state index < -0.39 is 31.5 Å². The number of halogens is 4. The third-order valence-electron chi connectivity index (χ3n) is 4.65. The molecule has 0 saturated heterocycles. The Balaban J connectivity index is 2.36. The Kier molecular flexibility index (Phi) is 4.54. The second kappa shape index (κ2) is 5.73. The van der Waals surface area contributed by atoms with E-state index in [0.29, 0.717) is 12.6 Å². The highest BCUT2D eigenvalue weighted by molar-refractivity contribution is 7.92. The molecule has 0 amide bonds. The predicted molar refractivity (Wildman–Crippen MR) is 78.1 cm³/mol. The summed E-state index contributed by atoms with van der Waals surface area (Å²) >= 11 is 0. The Labute approximate surface area is 132 Å². The van der Waals surface area contributed by atoms with Gasteiger partial charge >= 0.3 is 6.18 Å². The van der Waals surface area contributed by atoms with Crippen LogP contribution >= 0.6 is 0 Å². The van der Waals surface area contributed by atoms with Gasteiger partial charge in [0.05, 0.1) is 10.5 Å². The van der Waals surface area contributed by atoms with Crippen LogP contribution in [0, 0.1) is 5.41 Å². The smallest absolute Gasteiger partial charge is 0.330 e. The van der Waals surface area contributed by atoms with Crippen molar-refractivity contribution < 1.29 is 26.0 Å². The summed E-state index contributed by atoms with van der Waals surface area (Å²) < 4.78 is 78.3. The molecule has 2 rings (SSSR count). The number of benzene rings is 1. The van der Waals surface area contributed by atoms with Crippen molar-refractivity contribution in [2.24, 2.45) is 11.1 Å². The van der Waals surface area contributed by atoms with Crippen molar-refractivity contribution >= 4 is 9.84 Å². The maximum atomic E-state index is 15.0. The lowest BCUT2D eigenvalue weighted by molar-refractivity contribution is -0.137. The maximum Gasteiger partial charge on any atom is 0.416 e. The molecule has 2 N–H and O–H groups in total. The first-order valence-electron chi connectivity index (χ1n) is 7.24. The molecule has 130 valence electrons. The van der Waals surface area contributed by atoms with Gasteiger partial charge in [-0.1, -0.05) is 13.0 Å². The molecule has 23 heavy (non-hydrogen) atoms. The van der Waals surface area contributed by atoms with Gasteiger partial charge in [-0.25, -0.2) is 12.8 Å². The second-order valence-corrected chi connectivity index (χ2v) is 8.64. The monoisotopic (exact) mass is 353 g/mol. The van der Waals surface area contributed by atoms with Gasteiger partial charge in [-0.3, -0.25) is 0 Å². The first-order valence-corrected chi connectivity index (χ1v) is 8.73. The second-order valence-electron chi connectivity index (χ2n) is 6.43. The number of hydrogen-bond acceptors (Lipinski definition) is 3. The van der Waals surface area contributed by atoms with Crippen molar-refractivity contribution in [2.45, 2.75) is 48.7 Å². The molecule has 1 aliphatic rings. The molecule has 0 aromatic heterocycles. The summed E-state index contributed by atoms with van der Waals surface area (Å²) in [6.07, 6.45) is -4.66. The van der Waals surface area contributed by atoms with Crippen LogP contribution in [0.3, 0.4) is 0 Å². The fourth-order valence-electron chi connectivity index (χ4n) is 2.75. The van der Waals surface area contributed by atoms with Gasteiger partial charge < -0.3 is 5.73 Å². The zero-order valence-corrected chi connectivity index (χ0v) is 13.5. The zero-order valence-electron chi connectivity index (χ0n) is 12.7. The minimum absolute atomic E-state index is 0.265. The fraction of sp³-hybridized carbons (Fsp3) is 0.600. The van der Waals surface area contributed by atoms with E-state index in [9.17, 15) is 21.6 Å². The van der Waals surface area contributed by atoms with Gasteiger partial charge in [-0.05, 0) is 55.8 Å². The molecular formula is C15H19F4NO2S. The summed E-state index contributed by atoms with van der Waals surface area (Å²) in [5, 5.41) is -2.55. The number of nitrogens with two attached hydrogens (primary N) is 1. The lowest BCUT2D eigenvalue weighted by Crippen LogP contribution is -2.43. The molecule has 0 aliphatic heterocycles. The highest BCUT2D eigenvalue weighted by Gasteiger charge is 2.50. The number of rotatable bonds is 3. The van der Waals surface area contributed by atoms with Gasteiger partial charge in [0.1, 0.15) is 0 Å². The predicted octanol–water partition coefficient (Wildman–Crippen LogP) is 3.68. The molecule has 0 heterocycles. The Morgan fingerprint density at radius 3 is 2.22 bits per heavy atom. The van der Waals surface area contributed by atoms with Crippen LogP contribution < -0.4 is 5.73 Å². The molecule has 1 aliphatic carbocycles. The Bertz CT molecular complexity index is 677. The van der Waals surface area contributed by atoms with E-state index in [2.05, 4.69) is 0 Å². The van der Waals surface area contributed by atoms with Gasteiger partial charge in [0.15, 0.2) is 0 Å². The van der Waals surface area contributed by atoms with Crippen LogP contribution in [0.1, 0.15) is 38.2 Å². The molecular weight excluding hydrogens is 334 g/mol. The van der Waals surface area contributed by atoms with Crippen LogP contribution in [0.5, 0.6) is 0 Å². The lowest BCUT2D eigenvalue weighted by atomic mass is 9.75. The molecule has 1 fully saturated rings. The third-order valence-corrected chi connectivity index (χ3v) is 6.90. The minimum Gasteiger partial charge on any atom is -0.330 e. The maximum absolute atomic E-state index is 15.0. The summed E-state index contributed by atoms with van der Waals surface area (Å²) in [6.45, 7) is 2.16. The molecule has 0 atom stereocenters. The van der Waals surface area contributed by atoms with Crippen molar-refractivity contribution in [3.63, 3.8) is 0 Å². The van der Waals surface area contributed by atoms with Gasteiger partial charge in [-0.15, -0.1) is 0 Å². The highest BCUT2D eigenvalue weighted by Crippen LogP contribution is 2.47. The quantitative estimate of drug-likeness (QED) is 0.843. The molecule has 1 saturated carbocycles. The van der Waals surface area contributed by atoms with Crippen molar-refractivity contribution in [1.29, 1.82) is 0 Å². The first kappa shape index (κ1) is 18.2. The molecule has 1 aromatic carbocycles. The van der Waals surface area contributed by atoms with E-state index >= 15 is 4.39 Å². The van der Waals surface area contributed by atoms with Crippen LogP contribution in [-0.2, 0) is 16.0 Å². The standard InChI is InChI=1S/C15H19F4NO2S/c1-13(10-20)5-7-14(16,8-6-13)23(21,22)12-4-2-3-11(9-12)15(17,18)19/h2-4,9H,5-8,10,20H2,1H3. The summed E-state index contributed by atoms with van der Waals surface area (Å²) in [5.74, 6) is 0. The van der Waals surface area contributed by atoms with Crippen molar-refractivity contribution in [3.8, 4) is 0 Å². The number of alkyl halides is 4. The van der Waals surface area contributed by atoms with Crippen LogP contribution in [0.25, 0.3) is 0 Å². The lowest BCUT2D eigenvalue weighted by Gasteiger charge is -2.39. The summed E-state index contributed by atoms with van der Waals surface area (Å²) in [4.78, 5) is -0.633. The Morgan fingerprint density at radius 2 is 1.74 bits per heavy atom.